The molecule has 0 aliphatic heterocycles. The van der Waals surface area contributed by atoms with Gasteiger partial charge >= 0.3 is 0 Å². The molecule has 2 aliphatic carbocycles. The quantitative estimate of drug-likeness (QED) is 0.376. The van der Waals surface area contributed by atoms with Crippen molar-refractivity contribution in [3.05, 3.63) is 23.3 Å². The molecular formula is C23H32O2Si. The van der Waals surface area contributed by atoms with E-state index in [1.54, 1.807) is 6.92 Å². The first-order chi connectivity index (χ1) is 11.9. The third-order valence-electron chi connectivity index (χ3n) is 5.85. The van der Waals surface area contributed by atoms with Gasteiger partial charge in [0.1, 0.15) is 11.9 Å². The van der Waals surface area contributed by atoms with E-state index in [1.807, 2.05) is 12.2 Å². The maximum atomic E-state index is 11.8. The summed E-state index contributed by atoms with van der Waals surface area (Å²) in [5.41, 5.74) is 2.35. The zero-order valence-electron chi connectivity index (χ0n) is 17.4. The van der Waals surface area contributed by atoms with Crippen LogP contribution in [0.25, 0.3) is 0 Å². The van der Waals surface area contributed by atoms with Gasteiger partial charge in [-0.3, -0.25) is 4.79 Å². The van der Waals surface area contributed by atoms with Gasteiger partial charge in [-0.25, -0.2) is 0 Å². The van der Waals surface area contributed by atoms with Crippen LogP contribution < -0.4 is 0 Å². The first-order valence-electron chi connectivity index (χ1n) is 9.50. The Morgan fingerprint density at radius 3 is 2.58 bits per heavy atom. The van der Waals surface area contributed by atoms with E-state index < -0.39 is 8.32 Å². The lowest BCUT2D eigenvalue weighted by atomic mass is 9.71. The van der Waals surface area contributed by atoms with Crippen molar-refractivity contribution in [1.82, 2.24) is 0 Å². The first kappa shape index (κ1) is 20.8. The van der Waals surface area contributed by atoms with Gasteiger partial charge in [0.05, 0.1) is 0 Å². The topological polar surface area (TPSA) is 26.3 Å². The Kier molecular flexibility index (Phi) is 6.06. The van der Waals surface area contributed by atoms with Crippen LogP contribution in [0.1, 0.15) is 60.3 Å². The summed E-state index contributed by atoms with van der Waals surface area (Å²) in [5.74, 6) is 13.2. The number of carbonyl (C=O) groups excluding carboxylic acids is 1. The van der Waals surface area contributed by atoms with E-state index in [9.17, 15) is 4.79 Å². The van der Waals surface area contributed by atoms with Crippen LogP contribution >= 0.6 is 0 Å². The van der Waals surface area contributed by atoms with E-state index in [0.717, 1.165) is 19.3 Å². The molecule has 0 N–H and O–H groups in total. The Morgan fingerprint density at radius 2 is 1.96 bits per heavy atom. The lowest BCUT2D eigenvalue weighted by Crippen LogP contribution is -2.45. The van der Waals surface area contributed by atoms with E-state index in [1.165, 1.54) is 11.1 Å². The van der Waals surface area contributed by atoms with Gasteiger partial charge in [0.15, 0.2) is 8.32 Å². The smallest absolute Gasteiger partial charge is 0.194 e. The van der Waals surface area contributed by atoms with E-state index in [0.29, 0.717) is 6.42 Å². The fourth-order valence-corrected chi connectivity index (χ4v) is 4.33. The van der Waals surface area contributed by atoms with Crippen LogP contribution in [0.3, 0.4) is 0 Å². The predicted molar refractivity (Wildman–Crippen MR) is 111 cm³/mol. The summed E-state index contributed by atoms with van der Waals surface area (Å²) >= 11 is 0. The Hall–Kier alpha value is -1.55. The van der Waals surface area contributed by atoms with E-state index in [-0.39, 0.29) is 22.3 Å². The molecule has 0 heterocycles. The van der Waals surface area contributed by atoms with Crippen molar-refractivity contribution in [3.63, 3.8) is 0 Å². The molecule has 0 fully saturated rings. The highest BCUT2D eigenvalue weighted by atomic mass is 28.4. The van der Waals surface area contributed by atoms with Crippen LogP contribution in [0.4, 0.5) is 0 Å². The van der Waals surface area contributed by atoms with Crippen LogP contribution in [-0.2, 0) is 9.22 Å². The Morgan fingerprint density at radius 1 is 1.31 bits per heavy atom. The minimum absolute atomic E-state index is 0.0754. The Labute approximate surface area is 160 Å². The molecule has 0 aromatic carbocycles. The third-order valence-corrected chi connectivity index (χ3v) is 10.3. The number of allylic oxidation sites excluding steroid dienone is 3. The second kappa shape index (κ2) is 7.59. The molecule has 0 aromatic rings. The van der Waals surface area contributed by atoms with Gasteiger partial charge in [0.25, 0.3) is 0 Å². The Balaban J connectivity index is 2.53. The zero-order chi connectivity index (χ0) is 19.6. The van der Waals surface area contributed by atoms with Gasteiger partial charge < -0.3 is 4.43 Å². The van der Waals surface area contributed by atoms with Crippen molar-refractivity contribution in [3.8, 4) is 23.7 Å². The van der Waals surface area contributed by atoms with Crippen molar-refractivity contribution in [2.24, 2.45) is 5.41 Å². The summed E-state index contributed by atoms with van der Waals surface area (Å²) in [6.07, 6.45) is 6.64. The minimum atomic E-state index is -1.99. The van der Waals surface area contributed by atoms with Gasteiger partial charge in [-0.15, -0.1) is 0 Å². The van der Waals surface area contributed by atoms with E-state index >= 15 is 0 Å². The molecule has 0 spiro atoms. The van der Waals surface area contributed by atoms with Crippen LogP contribution in [-0.4, -0.2) is 20.2 Å². The molecule has 2 rings (SSSR count). The van der Waals surface area contributed by atoms with E-state index in [2.05, 4.69) is 64.5 Å². The number of fused-ring (bicyclic) bond motifs is 2. The van der Waals surface area contributed by atoms with Gasteiger partial charge in [-0.05, 0) is 69.0 Å². The molecule has 3 heteroatoms. The lowest BCUT2D eigenvalue weighted by Gasteiger charge is -2.41. The number of carbonyl (C=O) groups is 1. The first-order valence-corrected chi connectivity index (χ1v) is 12.4. The van der Waals surface area contributed by atoms with Gasteiger partial charge in [-0.2, -0.15) is 0 Å². The molecule has 0 unspecified atom stereocenters. The van der Waals surface area contributed by atoms with Crippen molar-refractivity contribution < 1.29 is 9.22 Å². The second-order valence-electron chi connectivity index (χ2n) is 9.39. The zero-order valence-corrected chi connectivity index (χ0v) is 18.4. The minimum Gasteiger partial charge on any atom is -0.400 e. The second-order valence-corrected chi connectivity index (χ2v) is 14.2. The molecule has 0 aromatic heterocycles. The summed E-state index contributed by atoms with van der Waals surface area (Å²) in [5, 5.41) is 0.110. The number of rotatable bonds is 4. The van der Waals surface area contributed by atoms with Gasteiger partial charge in [-0.1, -0.05) is 50.0 Å². The average Bonchev–Trinajstić information content (AvgIpc) is 2.49. The van der Waals surface area contributed by atoms with Crippen molar-refractivity contribution in [2.75, 3.05) is 0 Å². The number of hydrogen-bond acceptors (Lipinski definition) is 2. The summed E-state index contributed by atoms with van der Waals surface area (Å²) in [6.45, 7) is 15.1. The van der Waals surface area contributed by atoms with Crippen LogP contribution in [0, 0.1) is 29.1 Å². The monoisotopic (exact) mass is 368 g/mol. The SMILES string of the molecule is CC(=O)CC1=C2C[C@](C)(C#C/C=C/C#C[C@@H]2O[Si](C)(C)C(C)(C)C)CC1. The lowest BCUT2D eigenvalue weighted by molar-refractivity contribution is -0.116. The predicted octanol–water partition coefficient (Wildman–Crippen LogP) is 5.42. The van der Waals surface area contributed by atoms with E-state index in [4.69, 9.17) is 4.43 Å². The molecule has 140 valence electrons. The molecular weight excluding hydrogens is 336 g/mol. The van der Waals surface area contributed by atoms with Crippen molar-refractivity contribution >= 4 is 14.1 Å². The standard InChI is InChI=1S/C23H32O2Si/c1-18(24)16-19-13-15-23(5)14-11-9-8-10-12-21(20(19)17-23)25-26(6,7)22(2,3)4/h8-9,21H,13,15-17H2,1-7H3/b9-8+/t21-,23+/m0/s1. The highest BCUT2D eigenvalue weighted by molar-refractivity contribution is 6.74. The fourth-order valence-electron chi connectivity index (χ4n) is 3.19. The fraction of sp³-hybridized carbons (Fsp3) is 0.609. The van der Waals surface area contributed by atoms with Crippen LogP contribution in [0.5, 0.6) is 0 Å². The Bertz CT molecular complexity index is 756. The van der Waals surface area contributed by atoms with Crippen molar-refractivity contribution in [2.45, 2.75) is 84.5 Å². The summed E-state index contributed by atoms with van der Waals surface area (Å²) in [7, 11) is -1.99. The molecule has 2 nitrogen and oxygen atoms in total. The summed E-state index contributed by atoms with van der Waals surface area (Å²) in [6, 6.07) is 0. The molecule has 2 atom stereocenters. The average molecular weight is 369 g/mol. The highest BCUT2D eigenvalue weighted by Gasteiger charge is 2.41. The normalized spacial score (nSPS) is 27.0. The van der Waals surface area contributed by atoms with Gasteiger partial charge in [0, 0.05) is 11.8 Å². The molecule has 26 heavy (non-hydrogen) atoms. The van der Waals surface area contributed by atoms with Gasteiger partial charge in [0.2, 0.25) is 0 Å². The molecule has 0 saturated carbocycles. The van der Waals surface area contributed by atoms with Crippen molar-refractivity contribution in [1.29, 1.82) is 0 Å². The summed E-state index contributed by atoms with van der Waals surface area (Å²) in [4.78, 5) is 11.8. The molecule has 2 aliphatic rings. The number of Topliss-reactive ketones (excluding diaryl/α,β-unsaturated/α-hetero) is 1. The summed E-state index contributed by atoms with van der Waals surface area (Å²) < 4.78 is 6.73. The molecule has 0 amide bonds. The third kappa shape index (κ3) is 5.00. The molecule has 0 saturated heterocycles. The maximum absolute atomic E-state index is 11.8. The number of ketones is 1. The van der Waals surface area contributed by atoms with Crippen LogP contribution in [0.15, 0.2) is 23.3 Å². The molecule has 2 bridgehead atoms. The maximum Gasteiger partial charge on any atom is 0.194 e. The largest absolute Gasteiger partial charge is 0.400 e. The molecule has 0 radical (unpaired) electrons. The number of hydrogen-bond donors (Lipinski definition) is 0. The van der Waals surface area contributed by atoms with Crippen LogP contribution in [0.2, 0.25) is 18.1 Å². The highest BCUT2D eigenvalue weighted by Crippen LogP contribution is 2.44.